The first-order valence-corrected chi connectivity index (χ1v) is 9.88. The Morgan fingerprint density at radius 3 is 2.48 bits per heavy atom. The molecule has 1 N–H and O–H groups in total. The maximum absolute atomic E-state index is 13.0. The summed E-state index contributed by atoms with van der Waals surface area (Å²) in [5, 5.41) is 2.98. The largest absolute Gasteiger partial charge is 0.495 e. The number of nitrogens with one attached hydrogen (secondary N) is 1. The van der Waals surface area contributed by atoms with Gasteiger partial charge in [0, 0.05) is 24.5 Å². The van der Waals surface area contributed by atoms with Crippen molar-refractivity contribution in [2.75, 3.05) is 12.4 Å². The number of nitrogens with zero attached hydrogens (tertiary/aromatic N) is 2. The lowest BCUT2D eigenvalue weighted by atomic mass is 10.1. The zero-order valence-electron chi connectivity index (χ0n) is 17.6. The van der Waals surface area contributed by atoms with E-state index in [1.807, 2.05) is 49.1 Å². The number of hydrogen-bond acceptors (Lipinski definition) is 2. The quantitative estimate of drug-likeness (QED) is 0.594. The maximum Gasteiger partial charge on any atom is 0.322 e. The maximum atomic E-state index is 13.0. The fraction of sp³-hybridized carbons (Fsp3) is 0.292. The normalized spacial score (nSPS) is 10.8. The van der Waals surface area contributed by atoms with Gasteiger partial charge in [-0.1, -0.05) is 42.0 Å². The van der Waals surface area contributed by atoms with E-state index in [2.05, 4.69) is 53.3 Å². The van der Waals surface area contributed by atoms with E-state index in [1.54, 1.807) is 7.11 Å². The first-order valence-electron chi connectivity index (χ1n) is 9.88. The Morgan fingerprint density at radius 1 is 1.07 bits per heavy atom. The van der Waals surface area contributed by atoms with Crippen LogP contribution in [-0.4, -0.2) is 28.6 Å². The van der Waals surface area contributed by atoms with Gasteiger partial charge in [-0.05, 0) is 50.6 Å². The van der Waals surface area contributed by atoms with Crippen molar-refractivity contribution in [2.24, 2.45) is 0 Å². The monoisotopic (exact) mass is 391 g/mol. The summed E-state index contributed by atoms with van der Waals surface area (Å²) in [5.74, 6) is 0.646. The van der Waals surface area contributed by atoms with Gasteiger partial charge in [-0.2, -0.15) is 0 Å². The molecular formula is C24H29N3O2. The average molecular weight is 392 g/mol. The van der Waals surface area contributed by atoms with Crippen molar-refractivity contribution >= 4 is 11.7 Å². The number of rotatable bonds is 7. The van der Waals surface area contributed by atoms with E-state index in [0.717, 1.165) is 12.2 Å². The zero-order chi connectivity index (χ0) is 20.8. The minimum atomic E-state index is -0.146. The molecule has 0 spiro atoms. The summed E-state index contributed by atoms with van der Waals surface area (Å²) in [4.78, 5) is 14.8. The lowest BCUT2D eigenvalue weighted by Gasteiger charge is -2.28. The molecule has 0 aliphatic carbocycles. The van der Waals surface area contributed by atoms with Crippen LogP contribution in [-0.2, 0) is 13.1 Å². The number of carbonyl (C=O) groups is 1. The van der Waals surface area contributed by atoms with Gasteiger partial charge in [0.15, 0.2) is 0 Å². The molecule has 1 aromatic heterocycles. The Labute approximate surface area is 172 Å². The van der Waals surface area contributed by atoms with E-state index in [0.29, 0.717) is 18.0 Å². The molecule has 1 heterocycles. The highest BCUT2D eigenvalue weighted by molar-refractivity contribution is 5.91. The standard InChI is InChI=1S/C24H29N3O2/c1-18(2)27(24(28)25-22-9-5-6-10-23(22)29-4)17-21-8-7-15-26(21)16-20-13-11-19(3)12-14-20/h5-15,18H,16-17H2,1-4H3,(H,25,28). The van der Waals surface area contributed by atoms with E-state index < -0.39 is 0 Å². The summed E-state index contributed by atoms with van der Waals surface area (Å²) in [6, 6.07) is 20.0. The number of amides is 2. The topological polar surface area (TPSA) is 46.5 Å². The van der Waals surface area contributed by atoms with Crippen LogP contribution in [0.5, 0.6) is 5.75 Å². The minimum Gasteiger partial charge on any atom is -0.495 e. The van der Waals surface area contributed by atoms with Gasteiger partial charge in [0.1, 0.15) is 5.75 Å². The van der Waals surface area contributed by atoms with Gasteiger partial charge in [0.2, 0.25) is 0 Å². The van der Waals surface area contributed by atoms with Crippen LogP contribution < -0.4 is 10.1 Å². The molecule has 5 heteroatoms. The van der Waals surface area contributed by atoms with Crippen molar-refractivity contribution in [1.82, 2.24) is 9.47 Å². The number of methoxy groups -OCH3 is 1. The number of para-hydroxylation sites is 2. The van der Waals surface area contributed by atoms with Gasteiger partial charge in [-0.3, -0.25) is 0 Å². The molecule has 0 fully saturated rings. The van der Waals surface area contributed by atoms with Crippen LogP contribution in [0.1, 0.15) is 30.7 Å². The van der Waals surface area contributed by atoms with Crippen LogP contribution in [0.15, 0.2) is 66.9 Å². The SMILES string of the molecule is COc1ccccc1NC(=O)N(Cc1cccn1Cc1ccc(C)cc1)C(C)C. The van der Waals surface area contributed by atoms with Crippen LogP contribution in [0.3, 0.4) is 0 Å². The average Bonchev–Trinajstić information content (AvgIpc) is 3.14. The number of carbonyl (C=O) groups excluding carboxylic acids is 1. The number of anilines is 1. The summed E-state index contributed by atoms with van der Waals surface area (Å²) < 4.78 is 7.54. The van der Waals surface area contributed by atoms with Crippen molar-refractivity contribution in [3.63, 3.8) is 0 Å². The lowest BCUT2D eigenvalue weighted by molar-refractivity contribution is 0.192. The molecule has 0 saturated heterocycles. The third kappa shape index (κ3) is 5.19. The van der Waals surface area contributed by atoms with Crippen molar-refractivity contribution in [2.45, 2.75) is 39.9 Å². The van der Waals surface area contributed by atoms with Gasteiger partial charge in [-0.15, -0.1) is 0 Å². The number of ether oxygens (including phenoxy) is 1. The molecule has 5 nitrogen and oxygen atoms in total. The molecule has 152 valence electrons. The first-order chi connectivity index (χ1) is 14.0. The molecule has 0 atom stereocenters. The van der Waals surface area contributed by atoms with E-state index >= 15 is 0 Å². The molecule has 0 saturated carbocycles. The van der Waals surface area contributed by atoms with Gasteiger partial charge < -0.3 is 19.5 Å². The fourth-order valence-electron chi connectivity index (χ4n) is 3.24. The smallest absolute Gasteiger partial charge is 0.322 e. The Hall–Kier alpha value is -3.21. The van der Waals surface area contributed by atoms with Crippen LogP contribution in [0.2, 0.25) is 0 Å². The van der Waals surface area contributed by atoms with Crippen LogP contribution in [0, 0.1) is 6.92 Å². The van der Waals surface area contributed by atoms with Crippen LogP contribution in [0.25, 0.3) is 0 Å². The third-order valence-corrected chi connectivity index (χ3v) is 4.96. The molecule has 0 bridgehead atoms. The number of hydrogen-bond donors (Lipinski definition) is 1. The van der Waals surface area contributed by atoms with E-state index in [9.17, 15) is 4.79 Å². The molecule has 29 heavy (non-hydrogen) atoms. The predicted molar refractivity (Wildman–Crippen MR) is 117 cm³/mol. The fourth-order valence-corrected chi connectivity index (χ4v) is 3.24. The number of urea groups is 1. The van der Waals surface area contributed by atoms with E-state index in [4.69, 9.17) is 4.74 Å². The minimum absolute atomic E-state index is 0.0485. The summed E-state index contributed by atoms with van der Waals surface area (Å²) in [6.45, 7) is 7.44. The lowest BCUT2D eigenvalue weighted by Crippen LogP contribution is -2.40. The van der Waals surface area contributed by atoms with Gasteiger partial charge >= 0.3 is 6.03 Å². The Balaban J connectivity index is 1.75. The second kappa shape index (κ2) is 9.32. The van der Waals surface area contributed by atoms with Crippen LogP contribution in [0.4, 0.5) is 10.5 Å². The first kappa shape index (κ1) is 20.5. The molecule has 0 aliphatic heterocycles. The zero-order valence-corrected chi connectivity index (χ0v) is 17.6. The van der Waals surface area contributed by atoms with Crippen molar-refractivity contribution in [3.8, 4) is 5.75 Å². The highest BCUT2D eigenvalue weighted by Gasteiger charge is 2.20. The Kier molecular flexibility index (Phi) is 6.60. The van der Waals surface area contributed by atoms with Gasteiger partial charge in [0.25, 0.3) is 0 Å². The van der Waals surface area contributed by atoms with Crippen molar-refractivity contribution in [1.29, 1.82) is 0 Å². The second-order valence-corrected chi connectivity index (χ2v) is 7.47. The van der Waals surface area contributed by atoms with E-state index in [-0.39, 0.29) is 12.1 Å². The summed E-state index contributed by atoms with van der Waals surface area (Å²) in [7, 11) is 1.60. The highest BCUT2D eigenvalue weighted by Crippen LogP contribution is 2.24. The summed E-state index contributed by atoms with van der Waals surface area (Å²) in [6.07, 6.45) is 2.06. The van der Waals surface area contributed by atoms with E-state index in [1.165, 1.54) is 11.1 Å². The predicted octanol–water partition coefficient (Wildman–Crippen LogP) is 5.30. The summed E-state index contributed by atoms with van der Waals surface area (Å²) >= 11 is 0. The summed E-state index contributed by atoms with van der Waals surface area (Å²) in [5.41, 5.74) is 4.25. The van der Waals surface area contributed by atoms with Gasteiger partial charge in [0.05, 0.1) is 19.3 Å². The Bertz CT molecular complexity index is 945. The molecule has 3 rings (SSSR count). The molecule has 2 aromatic carbocycles. The molecule has 3 aromatic rings. The molecule has 0 aliphatic rings. The van der Waals surface area contributed by atoms with Gasteiger partial charge in [-0.25, -0.2) is 4.79 Å². The van der Waals surface area contributed by atoms with Crippen molar-refractivity contribution < 1.29 is 9.53 Å². The number of aryl methyl sites for hydroxylation is 1. The van der Waals surface area contributed by atoms with Crippen molar-refractivity contribution in [3.05, 3.63) is 83.7 Å². The third-order valence-electron chi connectivity index (χ3n) is 4.96. The molecule has 0 unspecified atom stereocenters. The number of benzene rings is 2. The van der Waals surface area contributed by atoms with Crippen LogP contribution >= 0.6 is 0 Å². The number of aromatic nitrogens is 1. The molecule has 0 radical (unpaired) electrons. The molecular weight excluding hydrogens is 362 g/mol. The highest BCUT2D eigenvalue weighted by atomic mass is 16.5. The Morgan fingerprint density at radius 2 is 1.79 bits per heavy atom. The second-order valence-electron chi connectivity index (χ2n) is 7.47. The molecule has 2 amide bonds.